The largest absolute Gasteiger partial charge is 0.478 e. The molecule has 0 bridgehead atoms. The molecule has 1 aromatic rings. The van der Waals surface area contributed by atoms with Crippen LogP contribution in [0.2, 0.25) is 0 Å². The highest BCUT2D eigenvalue weighted by Crippen LogP contribution is 2.34. The summed E-state index contributed by atoms with van der Waals surface area (Å²) in [6.07, 6.45) is 6.65. The van der Waals surface area contributed by atoms with E-state index < -0.39 is 5.97 Å². The van der Waals surface area contributed by atoms with E-state index in [1.54, 1.807) is 12.3 Å². The van der Waals surface area contributed by atoms with Gasteiger partial charge in [0.2, 0.25) is 0 Å². The number of carboxylic acids is 1. The van der Waals surface area contributed by atoms with Crippen LogP contribution in [0.25, 0.3) is 0 Å². The van der Waals surface area contributed by atoms with Crippen LogP contribution < -0.4 is 4.90 Å². The maximum Gasteiger partial charge on any atom is 0.339 e. The average molecular weight is 248 g/mol. The van der Waals surface area contributed by atoms with Gasteiger partial charge in [-0.3, -0.25) is 4.98 Å². The Kier molecular flexibility index (Phi) is 2.91. The normalized spacial score (nSPS) is 27.0. The summed E-state index contributed by atoms with van der Waals surface area (Å²) in [6.45, 7) is 1.42. The highest BCUT2D eigenvalue weighted by Gasteiger charge is 2.37. The first-order valence-electron chi connectivity index (χ1n) is 6.33. The summed E-state index contributed by atoms with van der Waals surface area (Å²) in [5.41, 5.74) is 1.06. The van der Waals surface area contributed by atoms with Gasteiger partial charge in [0.05, 0.1) is 24.4 Å². The number of anilines is 1. The Morgan fingerprint density at radius 3 is 3.22 bits per heavy atom. The third-order valence-corrected chi connectivity index (χ3v) is 3.82. The van der Waals surface area contributed by atoms with Crippen molar-refractivity contribution < 1.29 is 14.6 Å². The van der Waals surface area contributed by atoms with Crippen LogP contribution in [0.3, 0.4) is 0 Å². The molecule has 5 heteroatoms. The summed E-state index contributed by atoms with van der Waals surface area (Å²) >= 11 is 0. The number of pyridine rings is 1. The molecule has 1 aliphatic heterocycles. The van der Waals surface area contributed by atoms with E-state index in [-0.39, 0.29) is 11.7 Å². The number of hydrogen-bond acceptors (Lipinski definition) is 4. The summed E-state index contributed by atoms with van der Waals surface area (Å²) < 4.78 is 5.75. The van der Waals surface area contributed by atoms with Gasteiger partial charge in [0.15, 0.2) is 0 Å². The van der Waals surface area contributed by atoms with Crippen LogP contribution in [0, 0.1) is 0 Å². The Labute approximate surface area is 105 Å². The molecular formula is C13H16N2O3. The number of rotatable bonds is 2. The van der Waals surface area contributed by atoms with Gasteiger partial charge >= 0.3 is 5.97 Å². The lowest BCUT2D eigenvalue weighted by molar-refractivity contribution is 0.0254. The Balaban J connectivity index is 1.96. The Morgan fingerprint density at radius 2 is 2.39 bits per heavy atom. The number of hydrogen-bond donors (Lipinski definition) is 1. The standard InChI is InChI=1S/C13H16N2O3/c16-13(17)9-8-14-5-4-10(9)15-6-7-18-12-3-1-2-11(12)15/h4-5,8,11-12H,1-3,6-7H2,(H,16,17). The number of aromatic carboxylic acids is 1. The van der Waals surface area contributed by atoms with E-state index in [0.717, 1.165) is 31.5 Å². The van der Waals surface area contributed by atoms with E-state index in [9.17, 15) is 9.90 Å². The minimum Gasteiger partial charge on any atom is -0.478 e. The molecule has 0 spiro atoms. The summed E-state index contributed by atoms with van der Waals surface area (Å²) in [6, 6.07) is 2.11. The molecule has 0 aromatic carbocycles. The molecule has 5 nitrogen and oxygen atoms in total. The van der Waals surface area contributed by atoms with Crippen molar-refractivity contribution in [3.8, 4) is 0 Å². The van der Waals surface area contributed by atoms with Crippen molar-refractivity contribution in [1.82, 2.24) is 4.98 Å². The van der Waals surface area contributed by atoms with Gasteiger partial charge in [-0.2, -0.15) is 0 Å². The van der Waals surface area contributed by atoms with Gasteiger partial charge in [-0.05, 0) is 25.3 Å². The molecule has 0 radical (unpaired) electrons. The van der Waals surface area contributed by atoms with Crippen molar-refractivity contribution in [2.75, 3.05) is 18.1 Å². The van der Waals surface area contributed by atoms with Crippen molar-refractivity contribution in [3.05, 3.63) is 24.0 Å². The first-order chi connectivity index (χ1) is 8.77. The Hall–Kier alpha value is -1.62. The molecule has 2 atom stereocenters. The second-order valence-electron chi connectivity index (χ2n) is 4.80. The zero-order valence-electron chi connectivity index (χ0n) is 10.1. The second-order valence-corrected chi connectivity index (χ2v) is 4.80. The highest BCUT2D eigenvalue weighted by atomic mass is 16.5. The molecule has 1 aliphatic carbocycles. The number of carbonyl (C=O) groups is 1. The fraction of sp³-hybridized carbons (Fsp3) is 0.538. The second kappa shape index (κ2) is 4.57. The maximum absolute atomic E-state index is 11.3. The minimum absolute atomic E-state index is 0.258. The topological polar surface area (TPSA) is 62.7 Å². The van der Waals surface area contributed by atoms with Crippen LogP contribution in [0.4, 0.5) is 5.69 Å². The van der Waals surface area contributed by atoms with Gasteiger partial charge in [0.25, 0.3) is 0 Å². The number of aromatic nitrogens is 1. The average Bonchev–Trinajstić information content (AvgIpc) is 2.86. The van der Waals surface area contributed by atoms with Crippen molar-refractivity contribution in [1.29, 1.82) is 0 Å². The molecule has 96 valence electrons. The molecule has 1 N–H and O–H groups in total. The fourth-order valence-electron chi connectivity index (χ4n) is 3.03. The van der Waals surface area contributed by atoms with Gasteiger partial charge in [-0.25, -0.2) is 4.79 Å². The number of carboxylic acid groups (broad SMARTS) is 1. The van der Waals surface area contributed by atoms with Gasteiger partial charge in [0, 0.05) is 18.9 Å². The first-order valence-corrected chi connectivity index (χ1v) is 6.33. The number of nitrogens with zero attached hydrogens (tertiary/aromatic N) is 2. The van der Waals surface area contributed by atoms with E-state index in [1.807, 2.05) is 0 Å². The summed E-state index contributed by atoms with van der Waals surface area (Å²) in [5, 5.41) is 9.24. The zero-order valence-corrected chi connectivity index (χ0v) is 10.1. The first kappa shape index (κ1) is 11.5. The van der Waals surface area contributed by atoms with Gasteiger partial charge in [-0.15, -0.1) is 0 Å². The SMILES string of the molecule is O=C(O)c1cnccc1N1CCOC2CCCC21. The van der Waals surface area contributed by atoms with E-state index >= 15 is 0 Å². The van der Waals surface area contributed by atoms with E-state index in [0.29, 0.717) is 12.6 Å². The number of fused-ring (bicyclic) bond motifs is 1. The van der Waals surface area contributed by atoms with Crippen LogP contribution in [-0.2, 0) is 4.74 Å². The maximum atomic E-state index is 11.3. The molecule has 3 rings (SSSR count). The Bertz CT molecular complexity index is 463. The molecule has 1 aromatic heterocycles. The molecule has 2 fully saturated rings. The minimum atomic E-state index is -0.917. The number of morpholine rings is 1. The quantitative estimate of drug-likeness (QED) is 0.860. The summed E-state index contributed by atoms with van der Waals surface area (Å²) in [7, 11) is 0. The fourth-order valence-corrected chi connectivity index (χ4v) is 3.03. The lowest BCUT2D eigenvalue weighted by atomic mass is 10.1. The third kappa shape index (κ3) is 1.84. The molecular weight excluding hydrogens is 232 g/mol. The third-order valence-electron chi connectivity index (χ3n) is 3.82. The molecule has 0 amide bonds. The molecule has 2 aliphatic rings. The van der Waals surface area contributed by atoms with E-state index in [1.165, 1.54) is 6.20 Å². The lowest BCUT2D eigenvalue weighted by Gasteiger charge is -2.39. The predicted molar refractivity (Wildman–Crippen MR) is 65.9 cm³/mol. The monoisotopic (exact) mass is 248 g/mol. The molecule has 2 unspecified atom stereocenters. The summed E-state index contributed by atoms with van der Waals surface area (Å²) in [4.78, 5) is 17.4. The molecule has 2 heterocycles. The predicted octanol–water partition coefficient (Wildman–Crippen LogP) is 1.54. The Morgan fingerprint density at radius 1 is 1.50 bits per heavy atom. The molecule has 1 saturated carbocycles. The van der Waals surface area contributed by atoms with Gasteiger partial charge < -0.3 is 14.7 Å². The van der Waals surface area contributed by atoms with Gasteiger partial charge in [0.1, 0.15) is 5.56 Å². The summed E-state index contributed by atoms with van der Waals surface area (Å²) in [5.74, 6) is -0.917. The number of ether oxygens (including phenoxy) is 1. The smallest absolute Gasteiger partial charge is 0.339 e. The van der Waals surface area contributed by atoms with Crippen molar-refractivity contribution in [3.63, 3.8) is 0 Å². The molecule has 1 saturated heterocycles. The zero-order chi connectivity index (χ0) is 12.5. The van der Waals surface area contributed by atoms with Crippen LogP contribution in [0.1, 0.15) is 29.6 Å². The van der Waals surface area contributed by atoms with Crippen molar-refractivity contribution in [2.24, 2.45) is 0 Å². The molecule has 18 heavy (non-hydrogen) atoms. The van der Waals surface area contributed by atoms with Crippen LogP contribution in [-0.4, -0.2) is 41.4 Å². The van der Waals surface area contributed by atoms with E-state index in [4.69, 9.17) is 4.74 Å². The van der Waals surface area contributed by atoms with Gasteiger partial charge in [-0.1, -0.05) is 0 Å². The van der Waals surface area contributed by atoms with E-state index in [2.05, 4.69) is 9.88 Å². The highest BCUT2D eigenvalue weighted by molar-refractivity contribution is 5.94. The van der Waals surface area contributed by atoms with Crippen LogP contribution >= 0.6 is 0 Å². The van der Waals surface area contributed by atoms with Crippen molar-refractivity contribution >= 4 is 11.7 Å². The van der Waals surface area contributed by atoms with Crippen LogP contribution in [0.15, 0.2) is 18.5 Å². The lowest BCUT2D eigenvalue weighted by Crippen LogP contribution is -2.49. The van der Waals surface area contributed by atoms with Crippen molar-refractivity contribution in [2.45, 2.75) is 31.4 Å². The van der Waals surface area contributed by atoms with Crippen LogP contribution in [0.5, 0.6) is 0 Å².